The summed E-state index contributed by atoms with van der Waals surface area (Å²) in [5, 5.41) is 4.65. The number of hydrogen-bond acceptors (Lipinski definition) is 6. The van der Waals surface area contributed by atoms with E-state index in [1.807, 2.05) is 42.9 Å². The molecule has 1 aliphatic rings. The maximum absolute atomic E-state index is 11.7. The van der Waals surface area contributed by atoms with Crippen LogP contribution in [0.1, 0.15) is 17.8 Å². The van der Waals surface area contributed by atoms with Crippen LogP contribution in [0.15, 0.2) is 24.3 Å². The van der Waals surface area contributed by atoms with Gasteiger partial charge in [0.1, 0.15) is 11.6 Å². The number of ether oxygens (including phenoxy) is 1. The molecule has 9 heteroatoms. The number of hydrogen-bond donors (Lipinski definition) is 0. The molecule has 0 radical (unpaired) electrons. The van der Waals surface area contributed by atoms with Crippen molar-refractivity contribution < 1.29 is 13.2 Å². The van der Waals surface area contributed by atoms with E-state index < -0.39 is 9.84 Å². The van der Waals surface area contributed by atoms with E-state index in [-0.39, 0.29) is 17.4 Å². The number of sulfone groups is 1. The van der Waals surface area contributed by atoms with E-state index in [0.717, 1.165) is 18.1 Å². The molecule has 2 heterocycles. The quantitative estimate of drug-likeness (QED) is 0.651. The van der Waals surface area contributed by atoms with Gasteiger partial charge in [0.25, 0.3) is 0 Å². The average Bonchev–Trinajstić information content (AvgIpc) is 3.09. The Hall–Kier alpha value is -1.71. The van der Waals surface area contributed by atoms with E-state index in [1.165, 1.54) is 5.56 Å². The van der Waals surface area contributed by atoms with E-state index in [9.17, 15) is 8.42 Å². The zero-order chi connectivity index (χ0) is 19.6. The van der Waals surface area contributed by atoms with Gasteiger partial charge < -0.3 is 9.30 Å². The van der Waals surface area contributed by atoms with E-state index in [4.69, 9.17) is 17.0 Å². The largest absolute Gasteiger partial charge is 0.497 e. The Labute approximate surface area is 165 Å². The fourth-order valence-corrected chi connectivity index (χ4v) is 5.48. The topological polar surface area (TPSA) is 69.4 Å². The fraction of sp³-hybridized carbons (Fsp3) is 0.556. The van der Waals surface area contributed by atoms with Crippen LogP contribution in [0.5, 0.6) is 5.75 Å². The van der Waals surface area contributed by atoms with Gasteiger partial charge in [-0.1, -0.05) is 12.1 Å². The summed E-state index contributed by atoms with van der Waals surface area (Å²) in [7, 11) is 2.69. The highest BCUT2D eigenvalue weighted by atomic mass is 32.2. The fourth-order valence-electron chi connectivity index (χ4n) is 3.42. The van der Waals surface area contributed by atoms with Crippen LogP contribution in [-0.2, 0) is 36.5 Å². The molecule has 0 N–H and O–H groups in total. The Balaban J connectivity index is 1.65. The van der Waals surface area contributed by atoms with Crippen LogP contribution in [-0.4, -0.2) is 53.3 Å². The smallest absolute Gasteiger partial charge is 0.198 e. The standard InChI is InChI=1S/C18H26N4O3S2/c1-20(11-14-4-6-16(25-3)7-5-14)13-22-18(26)21(2)17(19-22)10-15-8-9-27(23,24)12-15/h4-7,15H,8-13H2,1-3H3/t15-/m0/s1. The van der Waals surface area contributed by atoms with Crippen LogP contribution >= 0.6 is 12.2 Å². The van der Waals surface area contributed by atoms with Crippen molar-refractivity contribution in [1.29, 1.82) is 0 Å². The van der Waals surface area contributed by atoms with Crippen molar-refractivity contribution in [2.75, 3.05) is 25.7 Å². The average molecular weight is 411 g/mol. The molecular formula is C18H26N4O3S2. The second-order valence-electron chi connectivity index (χ2n) is 7.23. The molecule has 0 spiro atoms. The van der Waals surface area contributed by atoms with Gasteiger partial charge in [0.05, 0.1) is 25.3 Å². The molecule has 2 aromatic rings. The summed E-state index contributed by atoms with van der Waals surface area (Å²) >= 11 is 5.52. The third-order valence-electron chi connectivity index (χ3n) is 4.92. The number of nitrogens with zero attached hydrogens (tertiary/aromatic N) is 4. The summed E-state index contributed by atoms with van der Waals surface area (Å²) in [5.74, 6) is 2.36. The van der Waals surface area contributed by atoms with Crippen LogP contribution in [0.3, 0.4) is 0 Å². The lowest BCUT2D eigenvalue weighted by molar-refractivity contribution is 0.243. The van der Waals surface area contributed by atoms with Crippen LogP contribution in [0, 0.1) is 10.7 Å². The zero-order valence-corrected chi connectivity index (χ0v) is 17.6. The Kier molecular flexibility index (Phi) is 6.02. The van der Waals surface area contributed by atoms with Crippen molar-refractivity contribution in [3.8, 4) is 5.75 Å². The van der Waals surface area contributed by atoms with Crippen molar-refractivity contribution >= 4 is 22.1 Å². The minimum atomic E-state index is -2.88. The molecule has 1 fully saturated rings. The molecule has 7 nitrogen and oxygen atoms in total. The SMILES string of the molecule is COc1ccc(CN(C)Cn2nc(C[C@@H]3CCS(=O)(=O)C3)n(C)c2=S)cc1. The molecule has 1 aromatic heterocycles. The highest BCUT2D eigenvalue weighted by Gasteiger charge is 2.29. The molecule has 0 aliphatic carbocycles. The summed E-state index contributed by atoms with van der Waals surface area (Å²) in [6.07, 6.45) is 1.36. The lowest BCUT2D eigenvalue weighted by Crippen LogP contribution is -2.22. The maximum atomic E-state index is 11.7. The first-order chi connectivity index (χ1) is 12.8. The van der Waals surface area contributed by atoms with Crippen LogP contribution in [0.2, 0.25) is 0 Å². The summed E-state index contributed by atoms with van der Waals surface area (Å²) in [5.41, 5.74) is 1.18. The summed E-state index contributed by atoms with van der Waals surface area (Å²) in [6.45, 7) is 1.33. The van der Waals surface area contributed by atoms with Gasteiger partial charge in [-0.15, -0.1) is 0 Å². The maximum Gasteiger partial charge on any atom is 0.198 e. The van der Waals surface area contributed by atoms with Gasteiger partial charge in [0.2, 0.25) is 0 Å². The van der Waals surface area contributed by atoms with Crippen molar-refractivity contribution in [3.05, 3.63) is 40.4 Å². The van der Waals surface area contributed by atoms with Crippen LogP contribution < -0.4 is 4.74 Å². The molecule has 0 amide bonds. The first kappa shape index (κ1) is 20.0. The second kappa shape index (κ2) is 8.12. The molecule has 1 saturated heterocycles. The van der Waals surface area contributed by atoms with E-state index in [2.05, 4.69) is 10.00 Å². The van der Waals surface area contributed by atoms with E-state index in [0.29, 0.717) is 24.3 Å². The van der Waals surface area contributed by atoms with Crippen LogP contribution in [0.4, 0.5) is 0 Å². The van der Waals surface area contributed by atoms with Gasteiger partial charge in [-0.05, 0) is 49.3 Å². The first-order valence-electron chi connectivity index (χ1n) is 8.92. The second-order valence-corrected chi connectivity index (χ2v) is 9.83. The first-order valence-corrected chi connectivity index (χ1v) is 11.1. The molecule has 1 aromatic carbocycles. The normalized spacial score (nSPS) is 18.9. The van der Waals surface area contributed by atoms with Crippen molar-refractivity contribution in [3.63, 3.8) is 0 Å². The third kappa shape index (κ3) is 4.97. The molecule has 27 heavy (non-hydrogen) atoms. The zero-order valence-electron chi connectivity index (χ0n) is 16.0. The number of rotatable bonds is 7. The van der Waals surface area contributed by atoms with Crippen molar-refractivity contribution in [1.82, 2.24) is 19.2 Å². The highest BCUT2D eigenvalue weighted by molar-refractivity contribution is 7.91. The van der Waals surface area contributed by atoms with E-state index >= 15 is 0 Å². The molecule has 1 aliphatic heterocycles. The summed E-state index contributed by atoms with van der Waals surface area (Å²) in [4.78, 5) is 2.13. The molecule has 0 bridgehead atoms. The van der Waals surface area contributed by atoms with Gasteiger partial charge in [0.15, 0.2) is 14.6 Å². The molecule has 0 saturated carbocycles. The van der Waals surface area contributed by atoms with E-state index in [1.54, 1.807) is 11.8 Å². The molecule has 3 rings (SSSR count). The van der Waals surface area contributed by atoms with Crippen molar-refractivity contribution in [2.24, 2.45) is 13.0 Å². The van der Waals surface area contributed by atoms with Gasteiger partial charge in [-0.3, -0.25) is 4.90 Å². The minimum Gasteiger partial charge on any atom is -0.497 e. The van der Waals surface area contributed by atoms with Gasteiger partial charge >= 0.3 is 0 Å². The number of aromatic nitrogens is 3. The lowest BCUT2D eigenvalue weighted by atomic mass is 10.1. The Morgan fingerprint density at radius 2 is 2.04 bits per heavy atom. The van der Waals surface area contributed by atoms with Crippen molar-refractivity contribution in [2.45, 2.75) is 26.1 Å². The summed E-state index contributed by atoms with van der Waals surface area (Å²) in [6, 6.07) is 7.98. The number of methoxy groups -OCH3 is 1. The highest BCUT2D eigenvalue weighted by Crippen LogP contribution is 2.22. The van der Waals surface area contributed by atoms with Gasteiger partial charge in [0, 0.05) is 20.0 Å². The van der Waals surface area contributed by atoms with Gasteiger partial charge in [-0.2, -0.15) is 5.10 Å². The Morgan fingerprint density at radius 1 is 1.33 bits per heavy atom. The lowest BCUT2D eigenvalue weighted by Gasteiger charge is -2.16. The minimum absolute atomic E-state index is 0.135. The molecular weight excluding hydrogens is 384 g/mol. The predicted molar refractivity (Wildman–Crippen MR) is 107 cm³/mol. The predicted octanol–water partition coefficient (Wildman–Crippen LogP) is 2.03. The molecule has 1 atom stereocenters. The Bertz CT molecular complexity index is 948. The monoisotopic (exact) mass is 410 g/mol. The molecule has 0 unspecified atom stereocenters. The Morgan fingerprint density at radius 3 is 2.63 bits per heavy atom. The summed E-state index contributed by atoms with van der Waals surface area (Å²) < 4.78 is 32.9. The molecule has 148 valence electrons. The van der Waals surface area contributed by atoms with Gasteiger partial charge in [-0.25, -0.2) is 13.1 Å². The number of benzene rings is 1. The van der Waals surface area contributed by atoms with Crippen LogP contribution in [0.25, 0.3) is 0 Å². The third-order valence-corrected chi connectivity index (χ3v) is 7.24.